The maximum atomic E-state index is 12.1. The molecule has 1 N–H and O–H groups in total. The Kier molecular flexibility index (Phi) is 3.38. The highest BCUT2D eigenvalue weighted by Gasteiger charge is 2.27. The molecule has 1 atom stereocenters. The summed E-state index contributed by atoms with van der Waals surface area (Å²) in [5.41, 5.74) is 0.319. The Balaban J connectivity index is 2.27. The molecule has 1 fully saturated rings. The number of rotatable bonds is 1. The molecule has 1 aliphatic rings. The molecule has 1 heterocycles. The first-order valence-electron chi connectivity index (χ1n) is 5.01. The number of aliphatic hydroxyl groups is 1. The van der Waals surface area contributed by atoms with Crippen LogP contribution in [0.4, 0.5) is 0 Å². The summed E-state index contributed by atoms with van der Waals surface area (Å²) in [5, 5.41) is 10.1. The summed E-state index contributed by atoms with van der Waals surface area (Å²) >= 11 is 11.9. The number of halogens is 2. The third-order valence-corrected chi connectivity index (χ3v) is 3.26. The quantitative estimate of drug-likeness (QED) is 0.840. The SMILES string of the molecule is O=C(c1c(Cl)cccc1Cl)N1CC[C@@H](O)C1. The second-order valence-electron chi connectivity index (χ2n) is 3.79. The minimum atomic E-state index is -0.440. The van der Waals surface area contributed by atoms with Crippen molar-refractivity contribution in [3.05, 3.63) is 33.8 Å². The number of aliphatic hydroxyl groups excluding tert-OH is 1. The molecule has 0 unspecified atom stereocenters. The van der Waals surface area contributed by atoms with Gasteiger partial charge in [0.1, 0.15) is 0 Å². The van der Waals surface area contributed by atoms with Gasteiger partial charge in [-0.1, -0.05) is 29.3 Å². The lowest BCUT2D eigenvalue weighted by Gasteiger charge is -2.17. The molecule has 0 bridgehead atoms. The molecular formula is C11H11Cl2NO2. The van der Waals surface area contributed by atoms with E-state index in [1.54, 1.807) is 23.1 Å². The van der Waals surface area contributed by atoms with Crippen LogP contribution in [0.25, 0.3) is 0 Å². The van der Waals surface area contributed by atoms with Crippen LogP contribution in [0.2, 0.25) is 10.0 Å². The first kappa shape index (κ1) is 11.7. The van der Waals surface area contributed by atoms with Crippen molar-refractivity contribution < 1.29 is 9.90 Å². The van der Waals surface area contributed by atoms with Gasteiger partial charge in [-0.05, 0) is 18.6 Å². The monoisotopic (exact) mass is 259 g/mol. The summed E-state index contributed by atoms with van der Waals surface area (Å²) in [5.74, 6) is -0.216. The highest BCUT2D eigenvalue weighted by Crippen LogP contribution is 2.26. The number of amides is 1. The highest BCUT2D eigenvalue weighted by molar-refractivity contribution is 6.39. The normalized spacial score (nSPS) is 20.2. The second kappa shape index (κ2) is 4.62. The van der Waals surface area contributed by atoms with Crippen LogP contribution in [-0.2, 0) is 0 Å². The fraction of sp³-hybridized carbons (Fsp3) is 0.364. The molecule has 1 aromatic carbocycles. The zero-order valence-corrected chi connectivity index (χ0v) is 10.0. The molecular weight excluding hydrogens is 249 g/mol. The molecule has 1 aliphatic heterocycles. The number of carbonyl (C=O) groups is 1. The van der Waals surface area contributed by atoms with E-state index < -0.39 is 6.10 Å². The van der Waals surface area contributed by atoms with Crippen molar-refractivity contribution in [2.75, 3.05) is 13.1 Å². The van der Waals surface area contributed by atoms with Gasteiger partial charge in [-0.2, -0.15) is 0 Å². The van der Waals surface area contributed by atoms with Crippen LogP contribution in [-0.4, -0.2) is 35.1 Å². The Morgan fingerprint density at radius 3 is 2.50 bits per heavy atom. The molecule has 16 heavy (non-hydrogen) atoms. The minimum absolute atomic E-state index is 0.216. The Labute approximate surface area is 104 Å². The van der Waals surface area contributed by atoms with E-state index in [0.717, 1.165) is 0 Å². The number of nitrogens with zero attached hydrogens (tertiary/aromatic N) is 1. The Morgan fingerprint density at radius 2 is 2.00 bits per heavy atom. The van der Waals surface area contributed by atoms with Crippen LogP contribution >= 0.6 is 23.2 Å². The predicted octanol–water partition coefficient (Wildman–Crippen LogP) is 2.20. The van der Waals surface area contributed by atoms with Gasteiger partial charge in [0.05, 0.1) is 21.7 Å². The van der Waals surface area contributed by atoms with E-state index in [1.165, 1.54) is 0 Å². The summed E-state index contributed by atoms with van der Waals surface area (Å²) in [6.07, 6.45) is 0.165. The first-order valence-corrected chi connectivity index (χ1v) is 5.76. The molecule has 0 aromatic heterocycles. The van der Waals surface area contributed by atoms with Gasteiger partial charge in [-0.15, -0.1) is 0 Å². The van der Waals surface area contributed by atoms with Crippen LogP contribution in [0.1, 0.15) is 16.8 Å². The first-order chi connectivity index (χ1) is 7.59. The third-order valence-electron chi connectivity index (χ3n) is 2.63. The van der Waals surface area contributed by atoms with Gasteiger partial charge in [0.15, 0.2) is 0 Å². The smallest absolute Gasteiger partial charge is 0.256 e. The van der Waals surface area contributed by atoms with Gasteiger partial charge in [0.2, 0.25) is 0 Å². The number of hydrogen-bond acceptors (Lipinski definition) is 2. The Bertz CT molecular complexity index is 402. The van der Waals surface area contributed by atoms with Gasteiger partial charge in [-0.25, -0.2) is 0 Å². The lowest BCUT2D eigenvalue weighted by atomic mass is 10.2. The summed E-state index contributed by atoms with van der Waals surface area (Å²) in [7, 11) is 0. The summed E-state index contributed by atoms with van der Waals surface area (Å²) in [4.78, 5) is 13.6. The average molecular weight is 260 g/mol. The van der Waals surface area contributed by atoms with Crippen LogP contribution in [0.5, 0.6) is 0 Å². The van der Waals surface area contributed by atoms with Crippen molar-refractivity contribution in [1.82, 2.24) is 4.90 Å². The van der Waals surface area contributed by atoms with E-state index in [-0.39, 0.29) is 5.91 Å². The molecule has 0 radical (unpaired) electrons. The van der Waals surface area contributed by atoms with E-state index in [4.69, 9.17) is 23.2 Å². The predicted molar refractivity (Wildman–Crippen MR) is 63.0 cm³/mol. The van der Waals surface area contributed by atoms with Gasteiger partial charge in [0, 0.05) is 13.1 Å². The number of β-amino-alcohol motifs (C(OH)–C–C–N with tert-alkyl or cyclic N) is 1. The zero-order chi connectivity index (χ0) is 11.7. The van der Waals surface area contributed by atoms with Gasteiger partial charge < -0.3 is 10.0 Å². The Morgan fingerprint density at radius 1 is 1.38 bits per heavy atom. The molecule has 3 nitrogen and oxygen atoms in total. The standard InChI is InChI=1S/C11H11Cl2NO2/c12-8-2-1-3-9(13)10(8)11(16)14-5-4-7(15)6-14/h1-3,7,15H,4-6H2/t7-/m1/s1. The molecule has 5 heteroatoms. The van der Waals surface area contributed by atoms with Crippen LogP contribution in [0.3, 0.4) is 0 Å². The van der Waals surface area contributed by atoms with Crippen molar-refractivity contribution in [2.45, 2.75) is 12.5 Å². The number of carbonyl (C=O) groups excluding carboxylic acids is 1. The molecule has 1 amide bonds. The molecule has 0 spiro atoms. The summed E-state index contributed by atoms with van der Waals surface area (Å²) in [6, 6.07) is 4.96. The largest absolute Gasteiger partial charge is 0.391 e. The maximum absolute atomic E-state index is 12.1. The lowest BCUT2D eigenvalue weighted by molar-refractivity contribution is 0.0765. The van der Waals surface area contributed by atoms with Crippen molar-refractivity contribution >= 4 is 29.1 Å². The van der Waals surface area contributed by atoms with Gasteiger partial charge in [-0.3, -0.25) is 4.79 Å². The van der Waals surface area contributed by atoms with Gasteiger partial charge in [0.25, 0.3) is 5.91 Å². The van der Waals surface area contributed by atoms with Gasteiger partial charge >= 0.3 is 0 Å². The molecule has 0 saturated carbocycles. The van der Waals surface area contributed by atoms with Crippen molar-refractivity contribution in [1.29, 1.82) is 0 Å². The number of likely N-dealkylation sites (tertiary alicyclic amines) is 1. The average Bonchev–Trinajstić information content (AvgIpc) is 2.64. The van der Waals surface area contributed by atoms with E-state index in [1.807, 2.05) is 0 Å². The highest BCUT2D eigenvalue weighted by atomic mass is 35.5. The molecule has 86 valence electrons. The van der Waals surface area contributed by atoms with Crippen molar-refractivity contribution in [2.24, 2.45) is 0 Å². The van der Waals surface area contributed by atoms with E-state index >= 15 is 0 Å². The zero-order valence-electron chi connectivity index (χ0n) is 8.49. The Hall–Kier alpha value is -0.770. The summed E-state index contributed by atoms with van der Waals surface area (Å²) < 4.78 is 0. The molecule has 2 rings (SSSR count). The second-order valence-corrected chi connectivity index (χ2v) is 4.60. The number of hydrogen-bond donors (Lipinski definition) is 1. The molecule has 1 saturated heterocycles. The van der Waals surface area contributed by atoms with E-state index in [0.29, 0.717) is 35.1 Å². The van der Waals surface area contributed by atoms with Crippen LogP contribution < -0.4 is 0 Å². The van der Waals surface area contributed by atoms with Crippen LogP contribution in [0.15, 0.2) is 18.2 Å². The molecule has 0 aliphatic carbocycles. The topological polar surface area (TPSA) is 40.5 Å². The van der Waals surface area contributed by atoms with Crippen LogP contribution in [0, 0.1) is 0 Å². The minimum Gasteiger partial charge on any atom is -0.391 e. The van der Waals surface area contributed by atoms with Crippen molar-refractivity contribution in [3.8, 4) is 0 Å². The maximum Gasteiger partial charge on any atom is 0.256 e. The summed E-state index contributed by atoms with van der Waals surface area (Å²) in [6.45, 7) is 0.891. The van der Waals surface area contributed by atoms with E-state index in [9.17, 15) is 9.90 Å². The molecule has 1 aromatic rings. The fourth-order valence-corrected chi connectivity index (χ4v) is 2.35. The third kappa shape index (κ3) is 2.17. The van der Waals surface area contributed by atoms with E-state index in [2.05, 4.69) is 0 Å². The fourth-order valence-electron chi connectivity index (χ4n) is 1.79. The van der Waals surface area contributed by atoms with Crippen molar-refractivity contribution in [3.63, 3.8) is 0 Å². The number of benzene rings is 1. The lowest BCUT2D eigenvalue weighted by Crippen LogP contribution is -2.30.